The molecular weight excluding hydrogens is 336 g/mol. The van der Waals surface area contributed by atoms with Crippen LogP contribution in [0.4, 0.5) is 0 Å². The van der Waals surface area contributed by atoms with E-state index in [0.29, 0.717) is 0 Å². The lowest BCUT2D eigenvalue weighted by Gasteiger charge is -2.34. The minimum absolute atomic E-state index is 0.211. The van der Waals surface area contributed by atoms with E-state index in [4.69, 9.17) is 18.9 Å². The summed E-state index contributed by atoms with van der Waals surface area (Å²) in [5.74, 6) is 0. The van der Waals surface area contributed by atoms with Gasteiger partial charge in [-0.15, -0.1) is 0 Å². The molecule has 26 heavy (non-hydrogen) atoms. The Kier molecular flexibility index (Phi) is 5.31. The van der Waals surface area contributed by atoms with E-state index in [0.717, 1.165) is 11.1 Å². The largest absolute Gasteiger partial charge is 0.394 e. The van der Waals surface area contributed by atoms with E-state index in [2.05, 4.69) is 0 Å². The molecule has 0 bridgehead atoms. The predicted molar refractivity (Wildman–Crippen MR) is 92.0 cm³/mol. The van der Waals surface area contributed by atoms with E-state index in [9.17, 15) is 10.2 Å². The third-order valence-corrected chi connectivity index (χ3v) is 4.70. The average Bonchev–Trinajstić information content (AvgIpc) is 3.12. The summed E-state index contributed by atoms with van der Waals surface area (Å²) in [6.45, 7) is -0.140. The lowest BCUT2D eigenvalue weighted by Crippen LogP contribution is -2.49. The minimum atomic E-state index is -1.03. The summed E-state index contributed by atoms with van der Waals surface area (Å²) < 4.78 is 23.6. The van der Waals surface area contributed by atoms with Crippen molar-refractivity contribution in [3.63, 3.8) is 0 Å². The van der Waals surface area contributed by atoms with Gasteiger partial charge in [-0.2, -0.15) is 0 Å². The molecule has 6 atom stereocenters. The maximum Gasteiger partial charge on any atom is 0.184 e. The van der Waals surface area contributed by atoms with Crippen molar-refractivity contribution in [3.8, 4) is 0 Å². The molecule has 2 heterocycles. The number of aliphatic hydroxyl groups excluding tert-OH is 2. The summed E-state index contributed by atoms with van der Waals surface area (Å²) in [5, 5.41) is 20.4. The van der Waals surface area contributed by atoms with Crippen LogP contribution >= 0.6 is 0 Å². The highest BCUT2D eigenvalue weighted by atomic mass is 16.8. The van der Waals surface area contributed by atoms with E-state index >= 15 is 0 Å². The first-order chi connectivity index (χ1) is 12.8. The zero-order valence-corrected chi connectivity index (χ0v) is 14.2. The molecule has 2 aliphatic rings. The molecule has 2 unspecified atom stereocenters. The van der Waals surface area contributed by atoms with Crippen molar-refractivity contribution in [2.45, 2.75) is 37.0 Å². The van der Waals surface area contributed by atoms with Gasteiger partial charge in [-0.05, 0) is 0 Å². The SMILES string of the molecule is OC[C@H]1OC(c2ccccc2)OC[C@@H]2OC(c3ccccc3)O[C@H]2[C@@H]1O. The Hall–Kier alpha value is -1.80. The molecule has 138 valence electrons. The van der Waals surface area contributed by atoms with Gasteiger partial charge in [-0.25, -0.2) is 0 Å². The van der Waals surface area contributed by atoms with Gasteiger partial charge >= 0.3 is 0 Å². The van der Waals surface area contributed by atoms with Gasteiger partial charge in [-0.1, -0.05) is 60.7 Å². The highest BCUT2D eigenvalue weighted by Gasteiger charge is 2.46. The fourth-order valence-electron chi connectivity index (χ4n) is 3.31. The second kappa shape index (κ2) is 7.84. The van der Waals surface area contributed by atoms with E-state index in [-0.39, 0.29) is 13.2 Å². The molecule has 0 amide bonds. The molecular formula is C20H22O6. The minimum Gasteiger partial charge on any atom is -0.394 e. The molecule has 0 aromatic heterocycles. The lowest BCUT2D eigenvalue weighted by atomic mass is 10.0. The van der Waals surface area contributed by atoms with Crippen LogP contribution in [-0.4, -0.2) is 47.8 Å². The van der Waals surface area contributed by atoms with Crippen molar-refractivity contribution in [2.24, 2.45) is 0 Å². The maximum absolute atomic E-state index is 10.7. The Labute approximate surface area is 151 Å². The molecule has 0 aliphatic carbocycles. The van der Waals surface area contributed by atoms with Crippen molar-refractivity contribution < 1.29 is 29.2 Å². The van der Waals surface area contributed by atoms with E-state index in [1.54, 1.807) is 0 Å². The fourth-order valence-corrected chi connectivity index (χ4v) is 3.31. The van der Waals surface area contributed by atoms with Gasteiger partial charge in [0, 0.05) is 11.1 Å². The van der Waals surface area contributed by atoms with Crippen LogP contribution in [0.3, 0.4) is 0 Å². The topological polar surface area (TPSA) is 77.4 Å². The number of rotatable bonds is 3. The molecule has 2 fully saturated rings. The number of benzene rings is 2. The van der Waals surface area contributed by atoms with Gasteiger partial charge in [0.1, 0.15) is 24.4 Å². The van der Waals surface area contributed by atoms with E-state index in [1.165, 1.54) is 0 Å². The summed E-state index contributed by atoms with van der Waals surface area (Å²) in [7, 11) is 0. The van der Waals surface area contributed by atoms with E-state index in [1.807, 2.05) is 60.7 Å². The number of hydrogen-bond donors (Lipinski definition) is 2. The Morgan fingerprint density at radius 3 is 2.04 bits per heavy atom. The molecule has 0 radical (unpaired) electrons. The van der Waals surface area contributed by atoms with Crippen LogP contribution in [0, 0.1) is 0 Å². The van der Waals surface area contributed by atoms with Gasteiger partial charge in [0.15, 0.2) is 12.6 Å². The van der Waals surface area contributed by atoms with Crippen LogP contribution in [-0.2, 0) is 18.9 Å². The summed E-state index contributed by atoms with van der Waals surface area (Å²) in [4.78, 5) is 0. The zero-order valence-electron chi connectivity index (χ0n) is 14.2. The van der Waals surface area contributed by atoms with Gasteiger partial charge in [0.2, 0.25) is 0 Å². The zero-order chi connectivity index (χ0) is 17.9. The molecule has 4 rings (SSSR count). The number of ether oxygens (including phenoxy) is 4. The Morgan fingerprint density at radius 1 is 0.808 bits per heavy atom. The second-order valence-corrected chi connectivity index (χ2v) is 6.44. The summed E-state index contributed by atoms with van der Waals surface area (Å²) in [5.41, 5.74) is 1.68. The van der Waals surface area contributed by atoms with Crippen molar-refractivity contribution in [2.75, 3.05) is 13.2 Å². The van der Waals surface area contributed by atoms with Crippen molar-refractivity contribution in [1.82, 2.24) is 0 Å². The Morgan fingerprint density at radius 2 is 1.42 bits per heavy atom. The lowest BCUT2D eigenvalue weighted by molar-refractivity contribution is -0.241. The fraction of sp³-hybridized carbons (Fsp3) is 0.400. The molecule has 6 nitrogen and oxygen atoms in total. The van der Waals surface area contributed by atoms with Crippen LogP contribution in [0.15, 0.2) is 60.7 Å². The standard InChI is InChI=1S/C20H22O6/c21-11-15-17(22)18-16(25-20(26-18)14-9-5-2-6-10-14)12-23-19(24-15)13-7-3-1-4-8-13/h1-10,15-22H,11-12H2/t15-,16+,17-,18-,19?,20?/m1/s1. The van der Waals surface area contributed by atoms with Crippen molar-refractivity contribution in [1.29, 1.82) is 0 Å². The first-order valence-corrected chi connectivity index (χ1v) is 8.73. The molecule has 2 N–H and O–H groups in total. The Bertz CT molecular complexity index is 694. The molecule has 6 heteroatoms. The van der Waals surface area contributed by atoms with Crippen LogP contribution < -0.4 is 0 Å². The number of aliphatic hydroxyl groups is 2. The molecule has 0 spiro atoms. The smallest absolute Gasteiger partial charge is 0.184 e. The maximum atomic E-state index is 10.7. The first kappa shape index (κ1) is 17.6. The third-order valence-electron chi connectivity index (χ3n) is 4.70. The number of fused-ring (bicyclic) bond motifs is 1. The molecule has 0 saturated carbocycles. The third kappa shape index (κ3) is 3.53. The quantitative estimate of drug-likeness (QED) is 0.873. The van der Waals surface area contributed by atoms with Gasteiger partial charge in [0.05, 0.1) is 13.2 Å². The van der Waals surface area contributed by atoms with Gasteiger partial charge in [0.25, 0.3) is 0 Å². The summed E-state index contributed by atoms with van der Waals surface area (Å²) in [6.07, 6.45) is -4.26. The van der Waals surface area contributed by atoms with Gasteiger partial charge < -0.3 is 29.2 Å². The average molecular weight is 358 g/mol. The van der Waals surface area contributed by atoms with E-state index < -0.39 is 37.0 Å². The van der Waals surface area contributed by atoms with Crippen LogP contribution in [0.25, 0.3) is 0 Å². The summed E-state index contributed by atoms with van der Waals surface area (Å²) in [6, 6.07) is 19.0. The number of hydrogen-bond acceptors (Lipinski definition) is 6. The normalized spacial score (nSPS) is 34.7. The molecule has 2 aliphatic heterocycles. The molecule has 2 aromatic carbocycles. The molecule has 2 saturated heterocycles. The van der Waals surface area contributed by atoms with Crippen molar-refractivity contribution >= 4 is 0 Å². The molecule has 2 aromatic rings. The van der Waals surface area contributed by atoms with Crippen molar-refractivity contribution in [3.05, 3.63) is 71.8 Å². The second-order valence-electron chi connectivity index (χ2n) is 6.44. The van der Waals surface area contributed by atoms with Crippen LogP contribution in [0.5, 0.6) is 0 Å². The van der Waals surface area contributed by atoms with Crippen LogP contribution in [0.2, 0.25) is 0 Å². The first-order valence-electron chi connectivity index (χ1n) is 8.73. The summed E-state index contributed by atoms with van der Waals surface area (Å²) >= 11 is 0. The highest BCUT2D eigenvalue weighted by molar-refractivity contribution is 5.18. The highest BCUT2D eigenvalue weighted by Crippen LogP contribution is 2.37. The monoisotopic (exact) mass is 358 g/mol. The van der Waals surface area contributed by atoms with Gasteiger partial charge in [-0.3, -0.25) is 0 Å². The predicted octanol–water partition coefficient (Wildman–Crippen LogP) is 1.94. The van der Waals surface area contributed by atoms with Crippen LogP contribution in [0.1, 0.15) is 23.7 Å². The Balaban J connectivity index is 1.55.